The van der Waals surface area contributed by atoms with Crippen molar-refractivity contribution in [2.24, 2.45) is 11.8 Å². The topological polar surface area (TPSA) is 218 Å². The molecule has 2 unspecified atom stereocenters. The van der Waals surface area contributed by atoms with Crippen LogP contribution in [0.15, 0.2) is 60.7 Å². The fraction of sp³-hybridized carbons (Fsp3) is 0.480. The summed E-state index contributed by atoms with van der Waals surface area (Å²) in [5, 5.41) is 30.6. The van der Waals surface area contributed by atoms with E-state index in [0.29, 0.717) is 41.7 Å². The number of phenols is 1. The molecule has 3 heterocycles. The fourth-order valence-electron chi connectivity index (χ4n) is 6.77. The first-order chi connectivity index (χ1) is 30.6. The zero-order valence-corrected chi connectivity index (χ0v) is 38.5. The number of carbonyl (C=O) groups excluding carboxylic acids is 6. The largest absolute Gasteiger partial charge is 0.507 e. The molecule has 3 aliphatic heterocycles. The Kier molecular flexibility index (Phi) is 18.7. The molecule has 0 amide bonds. The molecule has 0 saturated carbocycles. The number of hydrogen-bond donors (Lipinski definition) is 3. The first-order valence-electron chi connectivity index (χ1n) is 21.9. The van der Waals surface area contributed by atoms with Crippen molar-refractivity contribution in [1.29, 1.82) is 0 Å². The van der Waals surface area contributed by atoms with Gasteiger partial charge in [-0.1, -0.05) is 64.2 Å². The summed E-state index contributed by atoms with van der Waals surface area (Å²) >= 11 is 0. The zero-order valence-electron chi connectivity index (χ0n) is 38.5. The number of aryl methyl sites for hydroxylation is 1. The predicted octanol–water partition coefficient (Wildman–Crippen LogP) is 6.79. The maximum absolute atomic E-state index is 13.1. The van der Waals surface area contributed by atoms with E-state index >= 15 is 0 Å². The molecule has 5 rings (SSSR count). The summed E-state index contributed by atoms with van der Waals surface area (Å²) in [4.78, 5) is 74.0. The summed E-state index contributed by atoms with van der Waals surface area (Å²) in [7, 11) is 0. The number of hydrogen-bond acceptors (Lipinski definition) is 15. The third kappa shape index (κ3) is 14.6. The SMILES string of the molecule is CCC(=O)COc1cc(C)c2c(c1)/C=C/C[C@@H]1OC(C)(C)OC1C(=O)/C=C\[C@@H](C)[C@H](C)OC2=O.CCC(=O)COc1cc(O)c2c(c1)/C=C/C[C@H](O)C(O)C(=O)/C=C\[C@@H](C)[C@H](C)OC2=O. The average Bonchev–Trinajstić information content (AvgIpc) is 3.57. The molecule has 0 spiro atoms. The molecule has 1 saturated heterocycles. The van der Waals surface area contributed by atoms with Crippen LogP contribution in [-0.2, 0) is 38.1 Å². The van der Waals surface area contributed by atoms with E-state index in [9.17, 15) is 44.1 Å². The normalized spacial score (nSPS) is 27.9. The Bertz CT molecular complexity index is 2200. The summed E-state index contributed by atoms with van der Waals surface area (Å²) in [5.74, 6) is -3.36. The standard InChI is InChI=1S/C27H34O7.C23H28O8/c1-7-20(28)15-31-21-13-17(3)24-19(14-21)9-8-10-23-25(34-27(5,6)33-23)22(29)12-11-16(2)18(4)32-26(24)30;1-4-16(24)12-30-17-10-15-6-5-7-18(25)22(28)19(26)9-8-13(2)14(3)31-23(29)21(15)20(27)11-17/h8-9,11-14,16,18,23,25H,7,10,15H2,1-6H3;5-6,8-11,13-14,18,22,25,27-28H,4,7,12H2,1-3H3/b9-8+,12-11-;6-5+,9-8-/t16-,18+,23+,25?;13-,14+,18+,22?/m11/s1. The van der Waals surface area contributed by atoms with Crippen molar-refractivity contribution in [2.75, 3.05) is 13.2 Å². The van der Waals surface area contributed by atoms with Gasteiger partial charge in [0, 0.05) is 30.7 Å². The first-order valence-corrected chi connectivity index (χ1v) is 21.9. The fourth-order valence-corrected chi connectivity index (χ4v) is 6.77. The minimum atomic E-state index is -1.60. The van der Waals surface area contributed by atoms with Gasteiger partial charge < -0.3 is 43.7 Å². The molecule has 1 fully saturated rings. The lowest BCUT2D eigenvalue weighted by Crippen LogP contribution is -2.32. The number of ether oxygens (including phenoxy) is 6. The monoisotopic (exact) mass is 902 g/mol. The number of Topliss-reactive ketones (excluding diaryl/α,β-unsaturated/α-hetero) is 2. The first kappa shape index (κ1) is 51.9. The Balaban J connectivity index is 0.000000286. The van der Waals surface area contributed by atoms with Crippen molar-refractivity contribution in [3.8, 4) is 17.2 Å². The third-order valence-corrected chi connectivity index (χ3v) is 11.1. The van der Waals surface area contributed by atoms with Gasteiger partial charge in [0.2, 0.25) is 0 Å². The summed E-state index contributed by atoms with van der Waals surface area (Å²) in [6, 6.07) is 6.15. The minimum Gasteiger partial charge on any atom is -0.507 e. The number of aromatic hydroxyl groups is 1. The highest BCUT2D eigenvalue weighted by Crippen LogP contribution is 2.34. The van der Waals surface area contributed by atoms with E-state index in [1.165, 1.54) is 36.4 Å². The highest BCUT2D eigenvalue weighted by Gasteiger charge is 2.43. The number of fused-ring (bicyclic) bond motifs is 3. The van der Waals surface area contributed by atoms with E-state index in [0.717, 1.165) is 6.08 Å². The Morgan fingerprint density at radius 3 is 1.74 bits per heavy atom. The van der Waals surface area contributed by atoms with Crippen LogP contribution in [0, 0.1) is 18.8 Å². The van der Waals surface area contributed by atoms with Crippen LogP contribution in [0.5, 0.6) is 17.2 Å². The van der Waals surface area contributed by atoms with E-state index in [1.807, 2.05) is 19.9 Å². The van der Waals surface area contributed by atoms with E-state index in [-0.39, 0.29) is 71.4 Å². The van der Waals surface area contributed by atoms with E-state index < -0.39 is 60.1 Å². The van der Waals surface area contributed by atoms with Crippen molar-refractivity contribution in [3.05, 3.63) is 88.5 Å². The summed E-state index contributed by atoms with van der Waals surface area (Å²) in [6.45, 7) is 15.7. The molecular weight excluding hydrogens is 841 g/mol. The molecule has 0 aromatic heterocycles. The molecule has 0 aliphatic carbocycles. The van der Waals surface area contributed by atoms with Gasteiger partial charge in [0.15, 0.2) is 28.9 Å². The van der Waals surface area contributed by atoms with Crippen LogP contribution in [0.2, 0.25) is 0 Å². The van der Waals surface area contributed by atoms with Crippen LogP contribution >= 0.6 is 0 Å². The van der Waals surface area contributed by atoms with Gasteiger partial charge >= 0.3 is 11.9 Å². The Morgan fingerprint density at radius 2 is 1.18 bits per heavy atom. The molecule has 2 aromatic rings. The number of aliphatic hydroxyl groups excluding tert-OH is 2. The van der Waals surface area contributed by atoms with Crippen LogP contribution in [0.1, 0.15) is 118 Å². The van der Waals surface area contributed by atoms with Crippen molar-refractivity contribution in [3.63, 3.8) is 0 Å². The molecular formula is C50H62O15. The number of phenolic OH excluding ortho intramolecular Hbond substituents is 1. The van der Waals surface area contributed by atoms with Gasteiger partial charge in [-0.2, -0.15) is 0 Å². The molecule has 15 heteroatoms. The Hall–Kier alpha value is -5.74. The minimum absolute atomic E-state index is 0.0136. The van der Waals surface area contributed by atoms with Gasteiger partial charge in [-0.15, -0.1) is 0 Å². The lowest BCUT2D eigenvalue weighted by atomic mass is 9.98. The van der Waals surface area contributed by atoms with Crippen molar-refractivity contribution < 1.29 is 72.5 Å². The highest BCUT2D eigenvalue weighted by molar-refractivity contribution is 5.98. The van der Waals surface area contributed by atoms with Crippen LogP contribution in [0.3, 0.4) is 0 Å². The summed E-state index contributed by atoms with van der Waals surface area (Å²) in [5.41, 5.74) is 1.86. The van der Waals surface area contributed by atoms with Gasteiger partial charge in [-0.05, 0) is 94.5 Å². The van der Waals surface area contributed by atoms with Crippen molar-refractivity contribution in [2.45, 2.75) is 130 Å². The van der Waals surface area contributed by atoms with E-state index in [1.54, 1.807) is 72.8 Å². The molecule has 352 valence electrons. The smallest absolute Gasteiger partial charge is 0.342 e. The van der Waals surface area contributed by atoms with Crippen LogP contribution in [0.4, 0.5) is 0 Å². The Morgan fingerprint density at radius 1 is 0.692 bits per heavy atom. The van der Waals surface area contributed by atoms with Gasteiger partial charge in [0.1, 0.15) is 60.4 Å². The van der Waals surface area contributed by atoms with E-state index in [4.69, 9.17) is 28.4 Å². The molecule has 15 nitrogen and oxygen atoms in total. The lowest BCUT2D eigenvalue weighted by Gasteiger charge is -2.20. The number of ketones is 4. The zero-order chi connectivity index (χ0) is 48.2. The van der Waals surface area contributed by atoms with Crippen molar-refractivity contribution >= 4 is 47.2 Å². The Labute approximate surface area is 380 Å². The maximum Gasteiger partial charge on any atom is 0.342 e. The molecule has 0 radical (unpaired) electrons. The second-order valence-electron chi connectivity index (χ2n) is 16.8. The molecule has 3 aliphatic rings. The van der Waals surface area contributed by atoms with Crippen LogP contribution in [0.25, 0.3) is 12.2 Å². The van der Waals surface area contributed by atoms with E-state index in [2.05, 4.69) is 0 Å². The van der Waals surface area contributed by atoms with Gasteiger partial charge in [-0.3, -0.25) is 19.2 Å². The molecule has 8 atom stereocenters. The highest BCUT2D eigenvalue weighted by atomic mass is 16.8. The molecule has 2 aromatic carbocycles. The van der Waals surface area contributed by atoms with Crippen LogP contribution in [-0.4, -0.2) is 106 Å². The predicted molar refractivity (Wildman–Crippen MR) is 240 cm³/mol. The number of cyclic esters (lactones) is 2. The summed E-state index contributed by atoms with van der Waals surface area (Å²) in [6.07, 6.45) is 8.20. The third-order valence-electron chi connectivity index (χ3n) is 11.1. The van der Waals surface area contributed by atoms with Crippen LogP contribution < -0.4 is 9.47 Å². The number of carbonyl (C=O) groups is 6. The number of esters is 2. The second kappa shape index (κ2) is 23.4. The van der Waals surface area contributed by atoms with Gasteiger partial charge in [-0.25, -0.2) is 9.59 Å². The van der Waals surface area contributed by atoms with Crippen molar-refractivity contribution in [1.82, 2.24) is 0 Å². The van der Waals surface area contributed by atoms with Gasteiger partial charge in [0.25, 0.3) is 0 Å². The molecule has 3 N–H and O–H groups in total. The molecule has 65 heavy (non-hydrogen) atoms. The molecule has 0 bridgehead atoms. The lowest BCUT2D eigenvalue weighted by molar-refractivity contribution is -0.152. The second-order valence-corrected chi connectivity index (χ2v) is 16.8. The quantitative estimate of drug-likeness (QED) is 0.232. The number of aliphatic hydroxyl groups is 2. The number of rotatable bonds is 8. The van der Waals surface area contributed by atoms with Gasteiger partial charge in [0.05, 0.1) is 17.8 Å². The number of benzene rings is 2. The summed E-state index contributed by atoms with van der Waals surface area (Å²) < 4.78 is 34.1. The maximum atomic E-state index is 13.1. The average molecular weight is 903 g/mol.